The number of carbonyl (C=O) groups excluding carboxylic acids is 2. The van der Waals surface area contributed by atoms with Crippen molar-refractivity contribution in [2.75, 3.05) is 12.0 Å². The van der Waals surface area contributed by atoms with Crippen LogP contribution in [0.25, 0.3) is 0 Å². The summed E-state index contributed by atoms with van der Waals surface area (Å²) in [6.07, 6.45) is -0.623. The van der Waals surface area contributed by atoms with Crippen LogP contribution in [-0.2, 0) is 9.53 Å². The summed E-state index contributed by atoms with van der Waals surface area (Å²) < 4.78 is 5.00. The molecule has 3 N–H and O–H groups in total. The molecule has 0 fully saturated rings. The summed E-state index contributed by atoms with van der Waals surface area (Å²) in [5.41, 5.74) is 5.36. The standard InChI is InChI=1S/C13H19N3O3/c1-13(2,3)19-12(18)14-9-11(17)16-15-10-7-5-4-6-8-10/h4-8,15H,9H2,1-3H3,(H,14,18)(H,16,17). The number of benzene rings is 1. The molecule has 0 saturated carbocycles. The summed E-state index contributed by atoms with van der Waals surface area (Å²) in [5, 5.41) is 2.36. The van der Waals surface area contributed by atoms with Gasteiger partial charge in [0, 0.05) is 0 Å². The quantitative estimate of drug-likeness (QED) is 0.723. The van der Waals surface area contributed by atoms with Crippen LogP contribution in [0.4, 0.5) is 10.5 Å². The van der Waals surface area contributed by atoms with Crippen LogP contribution in [0, 0.1) is 0 Å². The molecule has 2 amide bonds. The zero-order valence-electron chi connectivity index (χ0n) is 11.3. The molecule has 6 nitrogen and oxygen atoms in total. The van der Waals surface area contributed by atoms with Crippen LogP contribution in [0.15, 0.2) is 30.3 Å². The Labute approximate surface area is 112 Å². The zero-order valence-corrected chi connectivity index (χ0v) is 11.3. The van der Waals surface area contributed by atoms with Crippen LogP contribution in [-0.4, -0.2) is 24.1 Å². The van der Waals surface area contributed by atoms with Crippen LogP contribution in [0.2, 0.25) is 0 Å². The van der Waals surface area contributed by atoms with Crippen LogP contribution < -0.4 is 16.2 Å². The van der Waals surface area contributed by atoms with Crippen molar-refractivity contribution in [3.8, 4) is 0 Å². The Morgan fingerprint density at radius 3 is 2.37 bits per heavy atom. The number of anilines is 1. The summed E-state index contributed by atoms with van der Waals surface area (Å²) in [5.74, 6) is -0.366. The first-order valence-electron chi connectivity index (χ1n) is 5.93. The predicted octanol–water partition coefficient (Wildman–Crippen LogP) is 1.65. The van der Waals surface area contributed by atoms with Crippen molar-refractivity contribution < 1.29 is 14.3 Å². The molecule has 0 saturated heterocycles. The van der Waals surface area contributed by atoms with E-state index in [4.69, 9.17) is 4.74 Å². The minimum absolute atomic E-state index is 0.158. The fourth-order valence-corrected chi connectivity index (χ4v) is 1.17. The van der Waals surface area contributed by atoms with Gasteiger partial charge in [0.15, 0.2) is 0 Å². The second-order valence-corrected chi connectivity index (χ2v) is 4.89. The highest BCUT2D eigenvalue weighted by Gasteiger charge is 2.16. The molecule has 0 aliphatic heterocycles. The second-order valence-electron chi connectivity index (χ2n) is 4.89. The minimum atomic E-state index is -0.623. The van der Waals surface area contributed by atoms with Gasteiger partial charge in [0.25, 0.3) is 5.91 Å². The van der Waals surface area contributed by atoms with Gasteiger partial charge in [-0.1, -0.05) is 18.2 Å². The lowest BCUT2D eigenvalue weighted by Crippen LogP contribution is -2.41. The number of carbonyl (C=O) groups is 2. The highest BCUT2D eigenvalue weighted by atomic mass is 16.6. The number of hydrazine groups is 1. The molecule has 6 heteroatoms. The molecular formula is C13H19N3O3. The summed E-state index contributed by atoms with van der Waals surface area (Å²) in [4.78, 5) is 22.7. The highest BCUT2D eigenvalue weighted by molar-refractivity contribution is 5.83. The first-order valence-corrected chi connectivity index (χ1v) is 5.93. The van der Waals surface area contributed by atoms with Gasteiger partial charge in [-0.15, -0.1) is 0 Å². The lowest BCUT2D eigenvalue weighted by Gasteiger charge is -2.19. The molecule has 0 bridgehead atoms. The maximum Gasteiger partial charge on any atom is 0.408 e. The van der Waals surface area contributed by atoms with Crippen molar-refractivity contribution in [3.05, 3.63) is 30.3 Å². The molecule has 0 aliphatic rings. The van der Waals surface area contributed by atoms with Crippen molar-refractivity contribution >= 4 is 17.7 Å². The lowest BCUT2D eigenvalue weighted by atomic mass is 10.2. The first kappa shape index (κ1) is 14.8. The third-order valence-corrected chi connectivity index (χ3v) is 1.91. The van der Waals surface area contributed by atoms with Gasteiger partial charge in [0.2, 0.25) is 0 Å². The molecule has 1 aromatic carbocycles. The van der Waals surface area contributed by atoms with Crippen molar-refractivity contribution in [1.82, 2.24) is 10.7 Å². The number of nitrogens with one attached hydrogen (secondary N) is 3. The highest BCUT2D eigenvalue weighted by Crippen LogP contribution is 2.06. The molecule has 0 aromatic heterocycles. The summed E-state index contributed by atoms with van der Waals surface area (Å²) in [6, 6.07) is 9.17. The topological polar surface area (TPSA) is 79.5 Å². The van der Waals surface area contributed by atoms with Crippen molar-refractivity contribution in [1.29, 1.82) is 0 Å². The van der Waals surface area contributed by atoms with Gasteiger partial charge in [-0.25, -0.2) is 4.79 Å². The van der Waals surface area contributed by atoms with E-state index in [0.717, 1.165) is 5.69 Å². The van der Waals surface area contributed by atoms with Crippen LogP contribution >= 0.6 is 0 Å². The Kier molecular flexibility index (Phi) is 5.17. The van der Waals surface area contributed by atoms with Gasteiger partial charge in [-0.3, -0.25) is 15.6 Å². The fourth-order valence-electron chi connectivity index (χ4n) is 1.17. The summed E-state index contributed by atoms with van der Waals surface area (Å²) in [6.45, 7) is 5.10. The average molecular weight is 265 g/mol. The van der Waals surface area contributed by atoms with E-state index >= 15 is 0 Å². The molecule has 19 heavy (non-hydrogen) atoms. The van der Waals surface area contributed by atoms with Gasteiger partial charge in [0.05, 0.1) is 5.69 Å². The first-order chi connectivity index (χ1) is 8.87. The normalized spacial score (nSPS) is 10.5. The molecule has 0 atom stereocenters. The number of ether oxygens (including phenoxy) is 1. The molecule has 104 valence electrons. The predicted molar refractivity (Wildman–Crippen MR) is 72.4 cm³/mol. The maximum absolute atomic E-state index is 11.4. The van der Waals surface area contributed by atoms with Crippen LogP contribution in [0.1, 0.15) is 20.8 Å². The smallest absolute Gasteiger partial charge is 0.408 e. The fraction of sp³-hybridized carbons (Fsp3) is 0.385. The molecule has 0 radical (unpaired) electrons. The number of amides is 2. The molecule has 0 heterocycles. The molecule has 1 aromatic rings. The molecule has 0 aliphatic carbocycles. The number of hydrogen-bond acceptors (Lipinski definition) is 4. The van der Waals surface area contributed by atoms with E-state index in [0.29, 0.717) is 0 Å². The Morgan fingerprint density at radius 1 is 1.16 bits per heavy atom. The molecule has 1 rings (SSSR count). The Hall–Kier alpha value is -2.24. The van der Waals surface area contributed by atoms with Gasteiger partial charge in [-0.2, -0.15) is 0 Å². The molecule has 0 unspecified atom stereocenters. The van der Waals surface area contributed by atoms with E-state index in [-0.39, 0.29) is 12.5 Å². The SMILES string of the molecule is CC(C)(C)OC(=O)NCC(=O)NNc1ccccc1. The third-order valence-electron chi connectivity index (χ3n) is 1.91. The van der Waals surface area contributed by atoms with Crippen LogP contribution in [0.5, 0.6) is 0 Å². The maximum atomic E-state index is 11.4. The Bertz CT molecular complexity index is 427. The van der Waals surface area contributed by atoms with E-state index < -0.39 is 11.7 Å². The van der Waals surface area contributed by atoms with E-state index in [1.54, 1.807) is 20.8 Å². The van der Waals surface area contributed by atoms with Gasteiger partial charge in [-0.05, 0) is 32.9 Å². The summed E-state index contributed by atoms with van der Waals surface area (Å²) >= 11 is 0. The van der Waals surface area contributed by atoms with Crippen molar-refractivity contribution in [2.24, 2.45) is 0 Å². The second kappa shape index (κ2) is 6.63. The third kappa shape index (κ3) is 6.92. The number of para-hydroxylation sites is 1. The van der Waals surface area contributed by atoms with Gasteiger partial charge < -0.3 is 10.1 Å². The largest absolute Gasteiger partial charge is 0.444 e. The Morgan fingerprint density at radius 2 is 1.79 bits per heavy atom. The van der Waals surface area contributed by atoms with Gasteiger partial charge in [0.1, 0.15) is 12.1 Å². The minimum Gasteiger partial charge on any atom is -0.444 e. The number of alkyl carbamates (subject to hydrolysis) is 1. The summed E-state index contributed by atoms with van der Waals surface area (Å²) in [7, 11) is 0. The number of hydrogen-bond donors (Lipinski definition) is 3. The van der Waals surface area contributed by atoms with Crippen molar-refractivity contribution in [2.45, 2.75) is 26.4 Å². The lowest BCUT2D eigenvalue weighted by molar-refractivity contribution is -0.119. The number of rotatable bonds is 4. The van der Waals surface area contributed by atoms with Gasteiger partial charge >= 0.3 is 6.09 Å². The molecular weight excluding hydrogens is 246 g/mol. The molecule has 0 spiro atoms. The average Bonchev–Trinajstić information content (AvgIpc) is 2.33. The monoisotopic (exact) mass is 265 g/mol. The van der Waals surface area contributed by atoms with E-state index in [1.807, 2.05) is 30.3 Å². The van der Waals surface area contributed by atoms with E-state index in [2.05, 4.69) is 16.2 Å². The van der Waals surface area contributed by atoms with E-state index in [1.165, 1.54) is 0 Å². The van der Waals surface area contributed by atoms with Crippen LogP contribution in [0.3, 0.4) is 0 Å². The van der Waals surface area contributed by atoms with Crippen molar-refractivity contribution in [3.63, 3.8) is 0 Å². The van der Waals surface area contributed by atoms with E-state index in [9.17, 15) is 9.59 Å². The zero-order chi connectivity index (χ0) is 14.3. The Balaban J connectivity index is 2.23.